The van der Waals surface area contributed by atoms with Crippen molar-refractivity contribution < 1.29 is 9.32 Å². The van der Waals surface area contributed by atoms with Gasteiger partial charge in [-0.1, -0.05) is 29.4 Å². The van der Waals surface area contributed by atoms with E-state index in [1.807, 2.05) is 17.0 Å². The highest BCUT2D eigenvalue weighted by molar-refractivity contribution is 14.0. The average molecular weight is 552 g/mol. The minimum absolute atomic E-state index is 0. The van der Waals surface area contributed by atoms with Crippen LogP contribution in [0.3, 0.4) is 0 Å². The third-order valence-electron chi connectivity index (χ3n) is 5.93. The molecule has 4 rings (SSSR count). The fourth-order valence-corrected chi connectivity index (χ4v) is 4.19. The summed E-state index contributed by atoms with van der Waals surface area (Å²) in [7, 11) is 0. The van der Waals surface area contributed by atoms with E-state index in [1.165, 1.54) is 11.1 Å². The van der Waals surface area contributed by atoms with Crippen molar-refractivity contribution in [3.63, 3.8) is 0 Å². The standard InChI is InChI=1S/C23H32N6O2.HI/c1-2-24-23(28-13-11-27(12-14-28)18-21-9-15-31-26-21)25-16-19-6-3-4-7-20(19)17-29-10-5-8-22(29)30;/h3-4,6-7,9,15H,2,5,8,10-14,16-18H2,1H3,(H,24,25);1H. The quantitative estimate of drug-likeness (QED) is 0.324. The zero-order valence-electron chi connectivity index (χ0n) is 18.7. The van der Waals surface area contributed by atoms with Crippen LogP contribution < -0.4 is 5.32 Å². The van der Waals surface area contributed by atoms with Gasteiger partial charge in [-0.05, 0) is 24.5 Å². The molecule has 0 unspecified atom stereocenters. The Labute approximate surface area is 207 Å². The first-order valence-electron chi connectivity index (χ1n) is 11.2. The molecule has 2 saturated heterocycles. The van der Waals surface area contributed by atoms with Crippen molar-refractivity contribution in [2.24, 2.45) is 4.99 Å². The molecule has 2 aliphatic heterocycles. The Hall–Kier alpha value is -2.14. The van der Waals surface area contributed by atoms with Gasteiger partial charge in [-0.25, -0.2) is 4.99 Å². The van der Waals surface area contributed by atoms with Gasteiger partial charge in [0, 0.05) is 64.8 Å². The van der Waals surface area contributed by atoms with Crippen LogP contribution in [0.1, 0.15) is 36.6 Å². The van der Waals surface area contributed by atoms with Crippen molar-refractivity contribution >= 4 is 35.8 Å². The van der Waals surface area contributed by atoms with Crippen LogP contribution in [0.4, 0.5) is 0 Å². The monoisotopic (exact) mass is 552 g/mol. The Bertz CT molecular complexity index is 880. The number of rotatable bonds is 7. The van der Waals surface area contributed by atoms with Crippen molar-refractivity contribution in [1.29, 1.82) is 0 Å². The highest BCUT2D eigenvalue weighted by atomic mass is 127. The zero-order chi connectivity index (χ0) is 21.5. The SMILES string of the molecule is CCNC(=NCc1ccccc1CN1CCCC1=O)N1CCN(Cc2ccon2)CC1.I. The summed E-state index contributed by atoms with van der Waals surface area (Å²) in [6.07, 6.45) is 3.26. The van der Waals surface area contributed by atoms with Crippen LogP contribution in [-0.2, 0) is 24.4 Å². The van der Waals surface area contributed by atoms with Crippen LogP contribution in [0.2, 0.25) is 0 Å². The molecule has 2 aliphatic rings. The van der Waals surface area contributed by atoms with Crippen LogP contribution in [0, 0.1) is 0 Å². The lowest BCUT2D eigenvalue weighted by atomic mass is 10.1. The van der Waals surface area contributed by atoms with E-state index < -0.39 is 0 Å². The average Bonchev–Trinajstić information content (AvgIpc) is 3.45. The zero-order valence-corrected chi connectivity index (χ0v) is 21.0. The lowest BCUT2D eigenvalue weighted by Crippen LogP contribution is -2.52. The third kappa shape index (κ3) is 6.44. The van der Waals surface area contributed by atoms with Gasteiger partial charge in [-0.15, -0.1) is 24.0 Å². The van der Waals surface area contributed by atoms with Gasteiger partial charge in [-0.3, -0.25) is 9.69 Å². The molecule has 174 valence electrons. The molecule has 1 amide bonds. The molecule has 0 bridgehead atoms. The lowest BCUT2D eigenvalue weighted by molar-refractivity contribution is -0.128. The van der Waals surface area contributed by atoms with Crippen molar-refractivity contribution in [3.8, 4) is 0 Å². The van der Waals surface area contributed by atoms with E-state index in [0.717, 1.165) is 63.9 Å². The summed E-state index contributed by atoms with van der Waals surface area (Å²) in [5, 5.41) is 7.46. The Morgan fingerprint density at radius 1 is 1.09 bits per heavy atom. The van der Waals surface area contributed by atoms with Gasteiger partial charge in [0.2, 0.25) is 5.91 Å². The highest BCUT2D eigenvalue weighted by Crippen LogP contribution is 2.18. The van der Waals surface area contributed by atoms with Crippen molar-refractivity contribution in [1.82, 2.24) is 25.2 Å². The van der Waals surface area contributed by atoms with E-state index in [4.69, 9.17) is 9.52 Å². The number of hydrogen-bond acceptors (Lipinski definition) is 5. The summed E-state index contributed by atoms with van der Waals surface area (Å²) >= 11 is 0. The smallest absolute Gasteiger partial charge is 0.222 e. The fraction of sp³-hybridized carbons (Fsp3) is 0.522. The molecule has 0 aliphatic carbocycles. The number of amides is 1. The van der Waals surface area contributed by atoms with E-state index in [2.05, 4.69) is 45.4 Å². The maximum absolute atomic E-state index is 12.0. The Kier molecular flexibility index (Phi) is 9.34. The summed E-state index contributed by atoms with van der Waals surface area (Å²) in [6, 6.07) is 10.3. The van der Waals surface area contributed by atoms with Crippen LogP contribution >= 0.6 is 24.0 Å². The molecule has 0 spiro atoms. The Balaban J connectivity index is 0.00000289. The van der Waals surface area contributed by atoms with Crippen LogP contribution in [0.5, 0.6) is 0 Å². The molecule has 2 aromatic rings. The number of aliphatic imine (C=N–C) groups is 1. The second-order valence-corrected chi connectivity index (χ2v) is 8.11. The normalized spacial score (nSPS) is 17.5. The number of piperazine rings is 1. The maximum atomic E-state index is 12.0. The van der Waals surface area contributed by atoms with E-state index in [1.54, 1.807) is 6.26 Å². The molecule has 9 heteroatoms. The topological polar surface area (TPSA) is 77.2 Å². The molecule has 1 aromatic heterocycles. The molecule has 0 saturated carbocycles. The van der Waals surface area contributed by atoms with E-state index >= 15 is 0 Å². The summed E-state index contributed by atoms with van der Waals surface area (Å²) in [6.45, 7) is 9.68. The first-order chi connectivity index (χ1) is 15.2. The molecular weight excluding hydrogens is 519 g/mol. The van der Waals surface area contributed by atoms with Gasteiger partial charge in [0.1, 0.15) is 6.26 Å². The van der Waals surface area contributed by atoms with Crippen molar-refractivity contribution in [2.45, 2.75) is 39.4 Å². The number of benzene rings is 1. The summed E-state index contributed by atoms with van der Waals surface area (Å²) in [4.78, 5) is 23.7. The second-order valence-electron chi connectivity index (χ2n) is 8.11. The van der Waals surface area contributed by atoms with E-state index in [9.17, 15) is 4.79 Å². The highest BCUT2D eigenvalue weighted by Gasteiger charge is 2.22. The van der Waals surface area contributed by atoms with E-state index in [0.29, 0.717) is 19.5 Å². The second kappa shape index (κ2) is 12.2. The number of halogens is 1. The number of guanidine groups is 1. The van der Waals surface area contributed by atoms with Gasteiger partial charge in [0.25, 0.3) is 0 Å². The summed E-state index contributed by atoms with van der Waals surface area (Å²) < 4.78 is 4.94. The summed E-state index contributed by atoms with van der Waals surface area (Å²) in [5.41, 5.74) is 3.35. The first-order valence-corrected chi connectivity index (χ1v) is 11.2. The molecule has 0 atom stereocenters. The number of carbonyl (C=O) groups is 1. The van der Waals surface area contributed by atoms with Crippen molar-refractivity contribution in [3.05, 3.63) is 53.4 Å². The molecule has 0 radical (unpaired) electrons. The molecule has 3 heterocycles. The van der Waals surface area contributed by atoms with Gasteiger partial charge in [-0.2, -0.15) is 0 Å². The predicted molar refractivity (Wildman–Crippen MR) is 135 cm³/mol. The van der Waals surface area contributed by atoms with Gasteiger partial charge in [0.05, 0.1) is 12.2 Å². The molecule has 1 N–H and O–H groups in total. The predicted octanol–water partition coefficient (Wildman–Crippen LogP) is 2.70. The fourth-order valence-electron chi connectivity index (χ4n) is 4.19. The van der Waals surface area contributed by atoms with Crippen molar-refractivity contribution in [2.75, 3.05) is 39.3 Å². The number of likely N-dealkylation sites (tertiary alicyclic amines) is 1. The number of hydrogen-bond donors (Lipinski definition) is 1. The molecule has 2 fully saturated rings. The van der Waals surface area contributed by atoms with Gasteiger partial charge < -0.3 is 19.6 Å². The summed E-state index contributed by atoms with van der Waals surface area (Å²) in [5.74, 6) is 1.21. The van der Waals surface area contributed by atoms with Crippen LogP contribution in [0.15, 0.2) is 46.1 Å². The molecule has 1 aromatic carbocycles. The first kappa shape index (κ1) is 24.5. The van der Waals surface area contributed by atoms with Crippen LogP contribution in [0.25, 0.3) is 0 Å². The molecular formula is C23H33IN6O2. The molecule has 32 heavy (non-hydrogen) atoms. The van der Waals surface area contributed by atoms with Crippen LogP contribution in [-0.4, -0.2) is 71.0 Å². The number of nitrogens with zero attached hydrogens (tertiary/aromatic N) is 5. The minimum Gasteiger partial charge on any atom is -0.364 e. The maximum Gasteiger partial charge on any atom is 0.222 e. The largest absolute Gasteiger partial charge is 0.364 e. The minimum atomic E-state index is 0. The number of nitrogens with one attached hydrogen (secondary N) is 1. The van der Waals surface area contributed by atoms with Gasteiger partial charge in [0.15, 0.2) is 5.96 Å². The van der Waals surface area contributed by atoms with Gasteiger partial charge >= 0.3 is 0 Å². The number of aromatic nitrogens is 1. The number of carbonyl (C=O) groups excluding carboxylic acids is 1. The third-order valence-corrected chi connectivity index (χ3v) is 5.93. The Morgan fingerprint density at radius 3 is 2.53 bits per heavy atom. The van der Waals surface area contributed by atoms with E-state index in [-0.39, 0.29) is 29.9 Å². The molecule has 8 nitrogen and oxygen atoms in total. The Morgan fingerprint density at radius 2 is 1.88 bits per heavy atom. The lowest BCUT2D eigenvalue weighted by Gasteiger charge is -2.36.